The molecule has 0 aliphatic carbocycles. The molecule has 2 rings (SSSR count). The van der Waals surface area contributed by atoms with Gasteiger partial charge in [-0.05, 0) is 35.4 Å². The van der Waals surface area contributed by atoms with E-state index in [0.29, 0.717) is 5.75 Å². The van der Waals surface area contributed by atoms with Crippen molar-refractivity contribution >= 4 is 44.6 Å². The molecule has 0 saturated heterocycles. The van der Waals surface area contributed by atoms with Gasteiger partial charge in [-0.2, -0.15) is 0 Å². The number of ether oxygens (including phenoxy) is 2. The summed E-state index contributed by atoms with van der Waals surface area (Å²) >= 11 is 18.4. The molecule has 2 aromatic carbocycles. The van der Waals surface area contributed by atoms with Gasteiger partial charge in [0.05, 0.1) is 21.7 Å². The first-order chi connectivity index (χ1) is 15.4. The van der Waals surface area contributed by atoms with Crippen LogP contribution in [0, 0.1) is 0 Å². The van der Waals surface area contributed by atoms with Crippen molar-refractivity contribution in [2.24, 2.45) is 0 Å². The molecule has 0 fully saturated rings. The summed E-state index contributed by atoms with van der Waals surface area (Å²) in [5.74, 6) is 0.449. The fourth-order valence-electron chi connectivity index (χ4n) is 3.07. The van der Waals surface area contributed by atoms with E-state index in [9.17, 15) is 18.6 Å². The van der Waals surface area contributed by atoms with Gasteiger partial charge in [-0.3, -0.25) is 0 Å². The Labute approximate surface area is 210 Å². The summed E-state index contributed by atoms with van der Waals surface area (Å²) in [7, 11) is -3.34. The van der Waals surface area contributed by atoms with Crippen LogP contribution in [0.25, 0.3) is 0 Å². The summed E-state index contributed by atoms with van der Waals surface area (Å²) in [4.78, 5) is 0. The van der Waals surface area contributed by atoms with Crippen molar-refractivity contribution in [1.29, 1.82) is 0 Å². The predicted octanol–water partition coefficient (Wildman–Crippen LogP) is 4.47. The zero-order valence-corrected chi connectivity index (χ0v) is 21.8. The fourth-order valence-corrected chi connectivity index (χ4v) is 4.67. The van der Waals surface area contributed by atoms with Gasteiger partial charge in [0, 0.05) is 11.2 Å². The van der Waals surface area contributed by atoms with Crippen LogP contribution in [0.2, 0.25) is 10.0 Å². The number of sulfone groups is 1. The monoisotopic (exact) mass is 538 g/mol. The maximum absolute atomic E-state index is 11.7. The minimum atomic E-state index is -3.34. The van der Waals surface area contributed by atoms with E-state index >= 15 is 0 Å². The lowest BCUT2D eigenvalue weighted by atomic mass is 9.78. The standard InChI is InChI=1S/C23H29Cl3O6S/c1-4-33(29,30)14-18(28)13-32-22-20(25)9-16(10-21(22)26)23(2,3)15-5-7-19(8-6-15)31-12-17(27)11-24/h5-10,17-18,27-28H,4,11-14H2,1-3H3/t17-,18-/m0/s1. The Balaban J connectivity index is 2.15. The molecular weight excluding hydrogens is 511 g/mol. The molecule has 184 valence electrons. The predicted molar refractivity (Wildman–Crippen MR) is 133 cm³/mol. The lowest BCUT2D eigenvalue weighted by Gasteiger charge is -2.27. The minimum absolute atomic E-state index is 0.0577. The Morgan fingerprint density at radius 2 is 1.48 bits per heavy atom. The Morgan fingerprint density at radius 1 is 0.939 bits per heavy atom. The van der Waals surface area contributed by atoms with E-state index in [4.69, 9.17) is 44.3 Å². The Bertz CT molecular complexity index is 1000. The molecule has 6 nitrogen and oxygen atoms in total. The Hall–Kier alpha value is -1.22. The third-order valence-electron chi connectivity index (χ3n) is 5.22. The van der Waals surface area contributed by atoms with Crippen LogP contribution < -0.4 is 9.47 Å². The van der Waals surface area contributed by atoms with Gasteiger partial charge in [0.1, 0.15) is 31.2 Å². The number of aliphatic hydroxyl groups excluding tert-OH is 2. The molecule has 10 heteroatoms. The summed E-state index contributed by atoms with van der Waals surface area (Å²) in [6.07, 6.45) is -1.92. The van der Waals surface area contributed by atoms with Gasteiger partial charge in [0.25, 0.3) is 0 Å². The smallest absolute Gasteiger partial charge is 0.156 e. The van der Waals surface area contributed by atoms with Crippen LogP contribution in [0.5, 0.6) is 11.5 Å². The maximum Gasteiger partial charge on any atom is 0.156 e. The third kappa shape index (κ3) is 7.91. The van der Waals surface area contributed by atoms with Crippen LogP contribution in [0.15, 0.2) is 36.4 Å². The van der Waals surface area contributed by atoms with Crippen molar-refractivity contribution in [3.63, 3.8) is 0 Å². The fraction of sp³-hybridized carbons (Fsp3) is 0.478. The molecule has 33 heavy (non-hydrogen) atoms. The zero-order chi connectivity index (χ0) is 24.8. The van der Waals surface area contributed by atoms with Crippen LogP contribution in [-0.4, -0.2) is 61.4 Å². The number of rotatable bonds is 12. The second-order valence-corrected chi connectivity index (χ2v) is 11.7. The molecule has 2 N–H and O–H groups in total. The molecule has 0 amide bonds. The molecule has 0 aliphatic rings. The second kappa shape index (κ2) is 12.0. The maximum atomic E-state index is 11.7. The Morgan fingerprint density at radius 3 is 2.00 bits per heavy atom. The van der Waals surface area contributed by atoms with E-state index in [-0.39, 0.29) is 40.6 Å². The van der Waals surface area contributed by atoms with Crippen molar-refractivity contribution in [1.82, 2.24) is 0 Å². The van der Waals surface area contributed by atoms with E-state index < -0.39 is 33.2 Å². The molecule has 0 unspecified atom stereocenters. The second-order valence-electron chi connectivity index (χ2n) is 8.20. The minimum Gasteiger partial charge on any atom is -0.491 e. The van der Waals surface area contributed by atoms with Crippen molar-refractivity contribution in [2.45, 2.75) is 38.4 Å². The average molecular weight is 540 g/mol. The van der Waals surface area contributed by atoms with E-state index in [1.54, 1.807) is 12.1 Å². The number of alkyl halides is 1. The number of hydrogen-bond acceptors (Lipinski definition) is 6. The summed E-state index contributed by atoms with van der Waals surface area (Å²) in [6.45, 7) is 5.41. The first kappa shape index (κ1) is 28.0. The topological polar surface area (TPSA) is 93.1 Å². The van der Waals surface area contributed by atoms with Gasteiger partial charge in [-0.15, -0.1) is 11.6 Å². The van der Waals surface area contributed by atoms with Crippen molar-refractivity contribution in [3.8, 4) is 11.5 Å². The molecule has 2 atom stereocenters. The van der Waals surface area contributed by atoms with E-state index in [1.807, 2.05) is 38.1 Å². The van der Waals surface area contributed by atoms with Gasteiger partial charge >= 0.3 is 0 Å². The highest BCUT2D eigenvalue weighted by atomic mass is 35.5. The van der Waals surface area contributed by atoms with Crippen LogP contribution in [0.3, 0.4) is 0 Å². The molecule has 0 spiro atoms. The lowest BCUT2D eigenvalue weighted by molar-refractivity contribution is 0.125. The molecule has 0 aliphatic heterocycles. The number of benzene rings is 2. The van der Waals surface area contributed by atoms with Crippen molar-refractivity contribution in [3.05, 3.63) is 57.6 Å². The number of halogens is 3. The Kier molecular flexibility index (Phi) is 10.2. The first-order valence-electron chi connectivity index (χ1n) is 10.4. The SMILES string of the molecule is CCS(=O)(=O)C[C@@H](O)COc1c(Cl)cc(C(C)(C)c2ccc(OC[C@@H](O)CCl)cc2)cc1Cl. The quantitative estimate of drug-likeness (QED) is 0.387. The van der Waals surface area contributed by atoms with Crippen LogP contribution in [0.1, 0.15) is 31.9 Å². The molecule has 0 heterocycles. The van der Waals surface area contributed by atoms with E-state index in [0.717, 1.165) is 11.1 Å². The van der Waals surface area contributed by atoms with Crippen molar-refractivity contribution < 1.29 is 28.1 Å². The van der Waals surface area contributed by atoms with Gasteiger partial charge < -0.3 is 19.7 Å². The molecule has 0 bridgehead atoms. The molecule has 2 aromatic rings. The van der Waals surface area contributed by atoms with Crippen LogP contribution in [0.4, 0.5) is 0 Å². The number of hydrogen-bond donors (Lipinski definition) is 2. The zero-order valence-electron chi connectivity index (χ0n) is 18.7. The van der Waals surface area contributed by atoms with Gasteiger partial charge in [-0.1, -0.05) is 56.1 Å². The average Bonchev–Trinajstić information content (AvgIpc) is 2.76. The van der Waals surface area contributed by atoms with Crippen LogP contribution in [-0.2, 0) is 15.3 Å². The first-order valence-corrected chi connectivity index (χ1v) is 13.5. The van der Waals surface area contributed by atoms with Crippen LogP contribution >= 0.6 is 34.8 Å². The third-order valence-corrected chi connectivity index (χ3v) is 7.91. The molecule has 0 saturated carbocycles. The summed E-state index contributed by atoms with van der Waals surface area (Å²) < 4.78 is 34.4. The summed E-state index contributed by atoms with van der Waals surface area (Å²) in [5.41, 5.74) is 1.35. The highest BCUT2D eigenvalue weighted by Gasteiger charge is 2.26. The number of aliphatic hydroxyl groups is 2. The molecular formula is C23H29Cl3O6S. The highest BCUT2D eigenvalue weighted by molar-refractivity contribution is 7.91. The van der Waals surface area contributed by atoms with E-state index in [1.165, 1.54) is 6.92 Å². The lowest BCUT2D eigenvalue weighted by Crippen LogP contribution is -2.28. The highest BCUT2D eigenvalue weighted by Crippen LogP contribution is 2.40. The van der Waals surface area contributed by atoms with E-state index in [2.05, 4.69) is 0 Å². The summed E-state index contributed by atoms with van der Waals surface area (Å²) in [6, 6.07) is 10.9. The summed E-state index contributed by atoms with van der Waals surface area (Å²) in [5, 5.41) is 20.0. The van der Waals surface area contributed by atoms with Crippen molar-refractivity contribution in [2.75, 3.05) is 30.6 Å². The normalized spacial score (nSPS) is 14.1. The largest absolute Gasteiger partial charge is 0.491 e. The molecule has 0 radical (unpaired) electrons. The molecule has 0 aromatic heterocycles. The van der Waals surface area contributed by atoms with Gasteiger partial charge in [0.2, 0.25) is 0 Å². The van der Waals surface area contributed by atoms with Gasteiger partial charge in [0.15, 0.2) is 15.6 Å². The van der Waals surface area contributed by atoms with Gasteiger partial charge in [-0.25, -0.2) is 8.42 Å².